The second-order valence-corrected chi connectivity index (χ2v) is 7.01. The first-order chi connectivity index (χ1) is 13.1. The molecule has 6 heteroatoms. The van der Waals surface area contributed by atoms with Crippen molar-refractivity contribution in [2.45, 2.75) is 25.9 Å². The topological polar surface area (TPSA) is 66.4 Å². The maximum atomic E-state index is 9.59. The van der Waals surface area contributed by atoms with E-state index >= 15 is 0 Å². The number of nitrogens with one attached hydrogen (secondary N) is 2. The second kappa shape index (κ2) is 9.22. The van der Waals surface area contributed by atoms with Crippen LogP contribution in [-0.4, -0.2) is 42.9 Å². The molecule has 0 aliphatic heterocycles. The summed E-state index contributed by atoms with van der Waals surface area (Å²) < 4.78 is 5.39. The zero-order chi connectivity index (χ0) is 19.2. The van der Waals surface area contributed by atoms with Crippen molar-refractivity contribution in [3.63, 3.8) is 0 Å². The molecule has 0 spiro atoms. The van der Waals surface area contributed by atoms with E-state index < -0.39 is 0 Å². The van der Waals surface area contributed by atoms with Crippen LogP contribution in [0.4, 0.5) is 5.69 Å². The standard InChI is InChI=1S/C21H26ClN3O2/c1-3-15(26)13-23-9-4-10-24-21-17-7-5-14(22)11-20(17)25-19-8-6-16(27-2)12-18(19)21/h5-8,11-12,15,23,26H,3-4,9-10,13H2,1-2H3,(H,24,25). The first kappa shape index (κ1) is 19.7. The minimum atomic E-state index is -0.275. The molecule has 1 unspecified atom stereocenters. The van der Waals surface area contributed by atoms with E-state index in [1.54, 1.807) is 7.11 Å². The van der Waals surface area contributed by atoms with E-state index in [2.05, 4.69) is 10.6 Å². The summed E-state index contributed by atoms with van der Waals surface area (Å²) in [5, 5.41) is 19.2. The highest BCUT2D eigenvalue weighted by molar-refractivity contribution is 6.31. The molecule has 3 N–H and O–H groups in total. The van der Waals surface area contributed by atoms with E-state index in [0.29, 0.717) is 11.6 Å². The van der Waals surface area contributed by atoms with Crippen LogP contribution >= 0.6 is 11.6 Å². The van der Waals surface area contributed by atoms with Crippen LogP contribution in [0.2, 0.25) is 5.02 Å². The Bertz CT molecular complexity index is 917. The predicted octanol–water partition coefficient (Wildman–Crippen LogP) is 4.21. The zero-order valence-electron chi connectivity index (χ0n) is 15.8. The molecule has 0 amide bonds. The summed E-state index contributed by atoms with van der Waals surface area (Å²) in [5.41, 5.74) is 2.81. The molecule has 1 heterocycles. The number of fused-ring (bicyclic) bond motifs is 2. The molecule has 1 atom stereocenters. The van der Waals surface area contributed by atoms with Gasteiger partial charge in [0.2, 0.25) is 0 Å². The van der Waals surface area contributed by atoms with Crippen molar-refractivity contribution in [3.8, 4) is 5.75 Å². The van der Waals surface area contributed by atoms with Gasteiger partial charge in [0.15, 0.2) is 0 Å². The van der Waals surface area contributed by atoms with Gasteiger partial charge in [0.05, 0.1) is 29.9 Å². The lowest BCUT2D eigenvalue weighted by molar-refractivity contribution is 0.167. The van der Waals surface area contributed by atoms with Crippen molar-refractivity contribution in [2.75, 3.05) is 32.1 Å². The van der Waals surface area contributed by atoms with Gasteiger partial charge in [0.1, 0.15) is 5.75 Å². The van der Waals surface area contributed by atoms with Crippen LogP contribution in [0.3, 0.4) is 0 Å². The number of rotatable bonds is 9. The van der Waals surface area contributed by atoms with E-state index in [1.807, 2.05) is 43.3 Å². The largest absolute Gasteiger partial charge is 0.497 e. The summed E-state index contributed by atoms with van der Waals surface area (Å²) in [6.07, 6.45) is 1.44. The molecular weight excluding hydrogens is 362 g/mol. The molecule has 0 fully saturated rings. The monoisotopic (exact) mass is 387 g/mol. The summed E-state index contributed by atoms with van der Waals surface area (Å²) in [5.74, 6) is 0.802. The molecule has 27 heavy (non-hydrogen) atoms. The highest BCUT2D eigenvalue weighted by Gasteiger charge is 2.10. The number of aliphatic hydroxyl groups is 1. The van der Waals surface area contributed by atoms with Gasteiger partial charge in [-0.25, -0.2) is 4.98 Å². The minimum Gasteiger partial charge on any atom is -0.497 e. The van der Waals surface area contributed by atoms with Crippen molar-refractivity contribution in [2.24, 2.45) is 0 Å². The number of pyridine rings is 1. The molecule has 3 rings (SSSR count). The van der Waals surface area contributed by atoms with E-state index in [1.165, 1.54) is 0 Å². The molecule has 0 bridgehead atoms. The van der Waals surface area contributed by atoms with Gasteiger partial charge in [-0.2, -0.15) is 0 Å². The SMILES string of the molecule is CCC(O)CNCCCNc1c2ccc(Cl)cc2nc2ccc(OC)cc12. The third kappa shape index (κ3) is 4.80. The molecular formula is C21H26ClN3O2. The molecule has 0 saturated heterocycles. The number of aromatic nitrogens is 1. The molecule has 3 aromatic rings. The van der Waals surface area contributed by atoms with Crippen LogP contribution in [0.25, 0.3) is 21.8 Å². The lowest BCUT2D eigenvalue weighted by atomic mass is 10.1. The van der Waals surface area contributed by atoms with Crippen molar-refractivity contribution in [1.82, 2.24) is 10.3 Å². The Morgan fingerprint density at radius 2 is 1.96 bits per heavy atom. The number of anilines is 1. The Kier molecular flexibility index (Phi) is 6.72. The third-order valence-corrected chi connectivity index (χ3v) is 4.86. The highest BCUT2D eigenvalue weighted by Crippen LogP contribution is 2.34. The minimum absolute atomic E-state index is 0.275. The van der Waals surface area contributed by atoms with Gasteiger partial charge in [0, 0.05) is 28.9 Å². The van der Waals surface area contributed by atoms with Gasteiger partial charge in [-0.05, 0) is 55.8 Å². The molecule has 1 aromatic heterocycles. The Morgan fingerprint density at radius 3 is 2.74 bits per heavy atom. The zero-order valence-corrected chi connectivity index (χ0v) is 16.5. The van der Waals surface area contributed by atoms with Crippen LogP contribution < -0.4 is 15.4 Å². The van der Waals surface area contributed by atoms with Crippen LogP contribution in [0.1, 0.15) is 19.8 Å². The number of hydrogen-bond donors (Lipinski definition) is 3. The van der Waals surface area contributed by atoms with Gasteiger partial charge in [-0.1, -0.05) is 18.5 Å². The Balaban J connectivity index is 1.82. The molecule has 5 nitrogen and oxygen atoms in total. The fourth-order valence-electron chi connectivity index (χ4n) is 3.05. The summed E-state index contributed by atoms with van der Waals surface area (Å²) in [4.78, 5) is 4.74. The van der Waals surface area contributed by atoms with E-state index in [-0.39, 0.29) is 6.10 Å². The van der Waals surface area contributed by atoms with Crippen molar-refractivity contribution < 1.29 is 9.84 Å². The average Bonchev–Trinajstić information content (AvgIpc) is 2.68. The van der Waals surface area contributed by atoms with Crippen LogP contribution in [-0.2, 0) is 0 Å². The number of halogens is 1. The lowest BCUT2D eigenvalue weighted by Crippen LogP contribution is -2.27. The second-order valence-electron chi connectivity index (χ2n) is 6.58. The van der Waals surface area contributed by atoms with Gasteiger partial charge in [-0.15, -0.1) is 0 Å². The average molecular weight is 388 g/mol. The van der Waals surface area contributed by atoms with Gasteiger partial charge >= 0.3 is 0 Å². The number of ether oxygens (including phenoxy) is 1. The van der Waals surface area contributed by atoms with E-state index in [9.17, 15) is 5.11 Å². The number of hydrogen-bond acceptors (Lipinski definition) is 5. The smallest absolute Gasteiger partial charge is 0.119 e. The molecule has 0 saturated carbocycles. The number of methoxy groups -OCH3 is 1. The Morgan fingerprint density at radius 1 is 1.11 bits per heavy atom. The van der Waals surface area contributed by atoms with Gasteiger partial charge in [-0.3, -0.25) is 0 Å². The molecule has 144 valence electrons. The van der Waals surface area contributed by atoms with Crippen molar-refractivity contribution in [1.29, 1.82) is 0 Å². The number of benzene rings is 2. The normalized spacial score (nSPS) is 12.4. The Hall–Kier alpha value is -2.08. The summed E-state index contributed by atoms with van der Waals surface area (Å²) in [6.45, 7) is 4.27. The first-order valence-electron chi connectivity index (χ1n) is 9.32. The van der Waals surface area contributed by atoms with E-state index in [4.69, 9.17) is 21.3 Å². The fourth-order valence-corrected chi connectivity index (χ4v) is 3.22. The fraction of sp³-hybridized carbons (Fsp3) is 0.381. The molecule has 0 radical (unpaired) electrons. The summed E-state index contributed by atoms with van der Waals surface area (Å²) in [6, 6.07) is 11.7. The Labute approximate surface area is 164 Å². The van der Waals surface area contributed by atoms with Crippen LogP contribution in [0, 0.1) is 0 Å². The quantitative estimate of drug-likeness (QED) is 0.379. The summed E-state index contributed by atoms with van der Waals surface area (Å²) >= 11 is 6.16. The number of aliphatic hydroxyl groups excluding tert-OH is 1. The maximum Gasteiger partial charge on any atom is 0.119 e. The maximum absolute atomic E-state index is 9.59. The molecule has 2 aromatic carbocycles. The van der Waals surface area contributed by atoms with Crippen molar-refractivity contribution in [3.05, 3.63) is 41.4 Å². The number of nitrogens with zero attached hydrogens (tertiary/aromatic N) is 1. The predicted molar refractivity (Wildman–Crippen MR) is 113 cm³/mol. The van der Waals surface area contributed by atoms with Gasteiger partial charge < -0.3 is 20.5 Å². The van der Waals surface area contributed by atoms with Crippen LogP contribution in [0.15, 0.2) is 36.4 Å². The highest BCUT2D eigenvalue weighted by atomic mass is 35.5. The van der Waals surface area contributed by atoms with Gasteiger partial charge in [0.25, 0.3) is 0 Å². The third-order valence-electron chi connectivity index (χ3n) is 4.63. The summed E-state index contributed by atoms with van der Waals surface area (Å²) in [7, 11) is 1.67. The molecule has 0 aliphatic rings. The molecule has 0 aliphatic carbocycles. The lowest BCUT2D eigenvalue weighted by Gasteiger charge is -2.15. The van der Waals surface area contributed by atoms with Crippen molar-refractivity contribution >= 4 is 39.1 Å². The first-order valence-corrected chi connectivity index (χ1v) is 9.70. The van der Waals surface area contributed by atoms with Crippen LogP contribution in [0.5, 0.6) is 5.75 Å². The van der Waals surface area contributed by atoms with E-state index in [0.717, 1.165) is 59.2 Å².